The monoisotopic (exact) mass is 433 g/mol. The van der Waals surface area contributed by atoms with E-state index in [1.54, 1.807) is 30.5 Å². The van der Waals surface area contributed by atoms with Crippen LogP contribution >= 0.6 is 0 Å². The number of carbonyl (C=O) groups is 1. The molecule has 0 aliphatic heterocycles. The minimum absolute atomic E-state index is 0.137. The number of hydrogen-bond acceptors (Lipinski definition) is 6. The maximum absolute atomic E-state index is 12.5. The van der Waals surface area contributed by atoms with Gasteiger partial charge in [0.25, 0.3) is 5.91 Å². The third-order valence-electron chi connectivity index (χ3n) is 5.33. The standard InChI is InChI=1S/C25H31N5O2/c1-2-3-6-22(32-16-17-7-13-20(26)14-8-17)23(27)18-9-11-19(12-10-18)25(31)30-21-5-4-15-29-24(21)28/h4-5,7-15,22-23H,2-3,6,16,26-27H2,1H3,(H2,28,29)(H,30,31). The first kappa shape index (κ1) is 23.2. The van der Waals surface area contributed by atoms with Gasteiger partial charge in [-0.1, -0.05) is 44.0 Å². The zero-order valence-corrected chi connectivity index (χ0v) is 18.3. The number of ether oxygens (including phenoxy) is 1. The van der Waals surface area contributed by atoms with E-state index < -0.39 is 0 Å². The molecule has 32 heavy (non-hydrogen) atoms. The summed E-state index contributed by atoms with van der Waals surface area (Å²) in [5.74, 6) is 0.0171. The van der Waals surface area contributed by atoms with E-state index in [0.29, 0.717) is 17.9 Å². The molecule has 2 unspecified atom stereocenters. The number of anilines is 3. The number of pyridine rings is 1. The molecule has 2 atom stereocenters. The molecule has 7 N–H and O–H groups in total. The third-order valence-corrected chi connectivity index (χ3v) is 5.33. The molecule has 0 saturated carbocycles. The quantitative estimate of drug-likeness (QED) is 0.353. The summed E-state index contributed by atoms with van der Waals surface area (Å²) in [4.78, 5) is 16.5. The molecule has 3 rings (SSSR count). The van der Waals surface area contributed by atoms with Crippen LogP contribution in [0.25, 0.3) is 0 Å². The van der Waals surface area contributed by atoms with Crippen LogP contribution in [0.15, 0.2) is 66.9 Å². The lowest BCUT2D eigenvalue weighted by atomic mass is 9.97. The van der Waals surface area contributed by atoms with Crippen LogP contribution < -0.4 is 22.5 Å². The van der Waals surface area contributed by atoms with Gasteiger partial charge in [0.05, 0.1) is 24.4 Å². The normalized spacial score (nSPS) is 12.8. The average molecular weight is 434 g/mol. The first-order valence-electron chi connectivity index (χ1n) is 10.8. The molecule has 0 saturated heterocycles. The molecule has 7 heteroatoms. The van der Waals surface area contributed by atoms with E-state index in [9.17, 15) is 4.79 Å². The molecule has 0 aliphatic rings. The van der Waals surface area contributed by atoms with Gasteiger partial charge in [-0.25, -0.2) is 4.98 Å². The van der Waals surface area contributed by atoms with Crippen LogP contribution in [0.4, 0.5) is 17.2 Å². The van der Waals surface area contributed by atoms with Crippen molar-refractivity contribution in [3.05, 3.63) is 83.6 Å². The Morgan fingerprint density at radius 2 is 1.78 bits per heavy atom. The van der Waals surface area contributed by atoms with E-state index in [4.69, 9.17) is 21.9 Å². The highest BCUT2D eigenvalue weighted by Crippen LogP contribution is 2.24. The molecule has 2 aromatic carbocycles. The lowest BCUT2D eigenvalue weighted by Crippen LogP contribution is -2.29. The summed E-state index contributed by atoms with van der Waals surface area (Å²) in [5, 5.41) is 2.78. The molecule has 0 bridgehead atoms. The number of nitrogens with one attached hydrogen (secondary N) is 1. The van der Waals surface area contributed by atoms with Crippen LogP contribution in [-0.2, 0) is 11.3 Å². The summed E-state index contributed by atoms with van der Waals surface area (Å²) in [6.07, 6.45) is 4.38. The Kier molecular flexibility index (Phi) is 8.19. The van der Waals surface area contributed by atoms with Gasteiger partial charge in [0.1, 0.15) is 5.82 Å². The van der Waals surface area contributed by atoms with Gasteiger partial charge >= 0.3 is 0 Å². The smallest absolute Gasteiger partial charge is 0.255 e. The van der Waals surface area contributed by atoms with Crippen molar-refractivity contribution in [2.75, 3.05) is 16.8 Å². The number of nitrogens with two attached hydrogens (primary N) is 3. The summed E-state index contributed by atoms with van der Waals surface area (Å²) in [7, 11) is 0. The summed E-state index contributed by atoms with van der Waals surface area (Å²) < 4.78 is 6.19. The van der Waals surface area contributed by atoms with Gasteiger partial charge in [0.15, 0.2) is 0 Å². The van der Waals surface area contributed by atoms with Crippen LogP contribution in [0.3, 0.4) is 0 Å². The minimum atomic E-state index is -0.304. The van der Waals surface area contributed by atoms with Gasteiger partial charge in [-0.15, -0.1) is 0 Å². The molecule has 1 aromatic heterocycles. The SMILES string of the molecule is CCCCC(OCc1ccc(N)cc1)C(N)c1ccc(C(=O)Nc2cccnc2N)cc1. The van der Waals surface area contributed by atoms with Gasteiger partial charge < -0.3 is 27.3 Å². The van der Waals surface area contributed by atoms with Crippen molar-refractivity contribution in [2.24, 2.45) is 5.73 Å². The van der Waals surface area contributed by atoms with E-state index in [1.165, 1.54) is 0 Å². The summed E-state index contributed by atoms with van der Waals surface area (Å²) in [5.41, 5.74) is 21.8. The number of carbonyl (C=O) groups excluding carboxylic acids is 1. The van der Waals surface area contributed by atoms with Crippen molar-refractivity contribution in [1.82, 2.24) is 4.98 Å². The first-order valence-corrected chi connectivity index (χ1v) is 10.8. The molecule has 1 amide bonds. The van der Waals surface area contributed by atoms with Crippen LogP contribution in [0.1, 0.15) is 53.7 Å². The molecule has 7 nitrogen and oxygen atoms in total. The maximum Gasteiger partial charge on any atom is 0.255 e. The van der Waals surface area contributed by atoms with E-state index in [0.717, 1.165) is 36.1 Å². The number of unbranched alkanes of at least 4 members (excludes halogenated alkanes) is 1. The zero-order chi connectivity index (χ0) is 22.9. The van der Waals surface area contributed by atoms with Crippen LogP contribution in [0.2, 0.25) is 0 Å². The number of rotatable bonds is 10. The predicted molar refractivity (Wildman–Crippen MR) is 129 cm³/mol. The fourth-order valence-corrected chi connectivity index (χ4v) is 3.38. The Labute approximate surface area is 189 Å². The highest BCUT2D eigenvalue weighted by molar-refractivity contribution is 6.05. The zero-order valence-electron chi connectivity index (χ0n) is 18.3. The lowest BCUT2D eigenvalue weighted by molar-refractivity contribution is 0.0162. The van der Waals surface area contributed by atoms with Crippen molar-refractivity contribution < 1.29 is 9.53 Å². The Morgan fingerprint density at radius 3 is 2.44 bits per heavy atom. The van der Waals surface area contributed by atoms with E-state index in [-0.39, 0.29) is 23.9 Å². The fraction of sp³-hybridized carbons (Fsp3) is 0.280. The van der Waals surface area contributed by atoms with Crippen molar-refractivity contribution >= 4 is 23.1 Å². The van der Waals surface area contributed by atoms with Crippen molar-refractivity contribution in [3.8, 4) is 0 Å². The van der Waals surface area contributed by atoms with Gasteiger partial charge in [0.2, 0.25) is 0 Å². The number of nitrogen functional groups attached to an aromatic ring is 2. The number of hydrogen-bond donors (Lipinski definition) is 4. The summed E-state index contributed by atoms with van der Waals surface area (Å²) in [6.45, 7) is 2.61. The topological polar surface area (TPSA) is 129 Å². The Hall–Kier alpha value is -3.42. The highest BCUT2D eigenvalue weighted by atomic mass is 16.5. The first-order chi connectivity index (χ1) is 15.5. The highest BCUT2D eigenvalue weighted by Gasteiger charge is 2.20. The lowest BCUT2D eigenvalue weighted by Gasteiger charge is -2.25. The van der Waals surface area contributed by atoms with Gasteiger partial charge in [0, 0.05) is 17.4 Å². The van der Waals surface area contributed by atoms with E-state index in [2.05, 4.69) is 17.2 Å². The maximum atomic E-state index is 12.5. The largest absolute Gasteiger partial charge is 0.399 e. The molecule has 3 aromatic rings. The van der Waals surface area contributed by atoms with Gasteiger partial charge in [-0.05, 0) is 53.9 Å². The molecule has 0 spiro atoms. The van der Waals surface area contributed by atoms with E-state index >= 15 is 0 Å². The van der Waals surface area contributed by atoms with Crippen molar-refractivity contribution in [3.63, 3.8) is 0 Å². The number of aromatic nitrogens is 1. The Bertz CT molecular complexity index is 1010. The number of nitrogens with zero attached hydrogens (tertiary/aromatic N) is 1. The molecule has 0 radical (unpaired) electrons. The second-order valence-electron chi connectivity index (χ2n) is 7.77. The summed E-state index contributed by atoms with van der Waals surface area (Å²) in [6, 6.07) is 18.0. The second-order valence-corrected chi connectivity index (χ2v) is 7.77. The van der Waals surface area contributed by atoms with Crippen LogP contribution in [0, 0.1) is 0 Å². The third kappa shape index (κ3) is 6.29. The number of benzene rings is 2. The van der Waals surface area contributed by atoms with Gasteiger partial charge in [-0.3, -0.25) is 4.79 Å². The Morgan fingerprint density at radius 1 is 1.06 bits per heavy atom. The molecule has 0 aliphatic carbocycles. The fourth-order valence-electron chi connectivity index (χ4n) is 3.38. The molecular formula is C25H31N5O2. The molecule has 168 valence electrons. The number of amides is 1. The van der Waals surface area contributed by atoms with E-state index in [1.807, 2.05) is 36.4 Å². The molecule has 0 fully saturated rings. The molecular weight excluding hydrogens is 402 g/mol. The van der Waals surface area contributed by atoms with Crippen molar-refractivity contribution in [1.29, 1.82) is 0 Å². The van der Waals surface area contributed by atoms with Crippen LogP contribution in [0.5, 0.6) is 0 Å². The van der Waals surface area contributed by atoms with Gasteiger partial charge in [-0.2, -0.15) is 0 Å². The molecule has 1 heterocycles. The minimum Gasteiger partial charge on any atom is -0.399 e. The summed E-state index contributed by atoms with van der Waals surface area (Å²) >= 11 is 0. The average Bonchev–Trinajstić information content (AvgIpc) is 2.81. The Balaban J connectivity index is 1.66. The van der Waals surface area contributed by atoms with Crippen molar-refractivity contribution in [2.45, 2.75) is 44.9 Å². The van der Waals surface area contributed by atoms with Crippen LogP contribution in [-0.4, -0.2) is 17.0 Å². The predicted octanol–water partition coefficient (Wildman–Crippen LogP) is 4.27. The second kappa shape index (κ2) is 11.3.